The molecule has 2 atom stereocenters. The lowest BCUT2D eigenvalue weighted by molar-refractivity contribution is -0.115. The molecule has 8 heteroatoms. The molecular weight excluding hydrogens is 443 g/mol. The number of benzene rings is 1. The Morgan fingerprint density at radius 3 is 3.07 bits per heavy atom. The van der Waals surface area contributed by atoms with Crippen molar-refractivity contribution in [3.63, 3.8) is 0 Å². The second-order valence-corrected chi connectivity index (χ2v) is 8.66. The van der Waals surface area contributed by atoms with Crippen molar-refractivity contribution in [1.82, 2.24) is 14.5 Å². The molecule has 28 heavy (non-hydrogen) atoms. The van der Waals surface area contributed by atoms with E-state index in [4.69, 9.17) is 12.2 Å². The summed E-state index contributed by atoms with van der Waals surface area (Å²) < 4.78 is 18.0. The van der Waals surface area contributed by atoms with Crippen molar-refractivity contribution >= 4 is 39.9 Å². The highest BCUT2D eigenvalue weighted by Gasteiger charge is 2.63. The summed E-state index contributed by atoms with van der Waals surface area (Å²) in [6.45, 7) is 0.636. The first-order chi connectivity index (χ1) is 13.5. The van der Waals surface area contributed by atoms with E-state index in [2.05, 4.69) is 31.2 Å². The van der Waals surface area contributed by atoms with E-state index >= 15 is 0 Å². The van der Waals surface area contributed by atoms with Crippen LogP contribution in [0.2, 0.25) is 0 Å². The number of aromatic nitrogens is 3. The van der Waals surface area contributed by atoms with Gasteiger partial charge >= 0.3 is 0 Å². The number of fused-ring (bicyclic) bond motifs is 3. The summed E-state index contributed by atoms with van der Waals surface area (Å²) in [7, 11) is 0. The fourth-order valence-corrected chi connectivity index (χ4v) is 5.04. The van der Waals surface area contributed by atoms with Gasteiger partial charge in [0.25, 0.3) is 0 Å². The number of hydrogen-bond acceptors (Lipinski definition) is 3. The lowest BCUT2D eigenvalue weighted by Crippen LogP contribution is -2.16. The van der Waals surface area contributed by atoms with Crippen LogP contribution >= 0.6 is 28.1 Å². The zero-order chi connectivity index (χ0) is 19.5. The SMILES string of the molecule is O=C(Cc1[nH]c(=S)n2c1[C@@H]1C[C@]1(c1cc(Br)ccc1F)C2)Nc1ccccn1. The highest BCUT2D eigenvalue weighted by Crippen LogP contribution is 2.66. The Morgan fingerprint density at radius 1 is 1.43 bits per heavy atom. The third-order valence-electron chi connectivity index (χ3n) is 5.68. The van der Waals surface area contributed by atoms with Gasteiger partial charge in [0.05, 0.1) is 6.42 Å². The number of rotatable bonds is 4. The maximum absolute atomic E-state index is 14.5. The number of halogens is 2. The first kappa shape index (κ1) is 17.8. The number of amides is 1. The Hall–Kier alpha value is -2.32. The predicted molar refractivity (Wildman–Crippen MR) is 109 cm³/mol. The van der Waals surface area contributed by atoms with Gasteiger partial charge in [-0.05, 0) is 54.5 Å². The van der Waals surface area contributed by atoms with E-state index in [9.17, 15) is 9.18 Å². The number of carbonyl (C=O) groups excluding carboxylic acids is 1. The molecule has 2 aromatic heterocycles. The lowest BCUT2D eigenvalue weighted by atomic mass is 9.93. The van der Waals surface area contributed by atoms with Crippen molar-refractivity contribution in [1.29, 1.82) is 0 Å². The summed E-state index contributed by atoms with van der Waals surface area (Å²) in [6, 6.07) is 10.4. The number of nitrogens with zero attached hydrogens (tertiary/aromatic N) is 2. The van der Waals surface area contributed by atoms with Crippen LogP contribution in [0.5, 0.6) is 0 Å². The molecule has 3 aromatic rings. The maximum Gasteiger partial charge on any atom is 0.231 e. The Labute approximate surface area is 174 Å². The molecular formula is C20H16BrFN4OS. The van der Waals surface area contributed by atoms with Crippen LogP contribution in [0, 0.1) is 10.6 Å². The number of anilines is 1. The number of carbonyl (C=O) groups is 1. The molecule has 2 N–H and O–H groups in total. The van der Waals surface area contributed by atoms with Gasteiger partial charge in [-0.25, -0.2) is 9.37 Å². The van der Waals surface area contributed by atoms with E-state index in [-0.39, 0.29) is 29.5 Å². The van der Waals surface area contributed by atoms with Crippen LogP contribution in [0.4, 0.5) is 10.2 Å². The Balaban J connectivity index is 1.43. The summed E-state index contributed by atoms with van der Waals surface area (Å²) in [6.07, 6.45) is 2.67. The molecule has 0 saturated heterocycles. The second kappa shape index (κ2) is 6.35. The standard InChI is InChI=1S/C20H16BrFN4OS/c21-11-4-5-14(22)12(7-11)20-9-13(20)18-15(24-19(28)26(18)10-20)8-17(27)25-16-3-1-2-6-23-16/h1-7,13H,8-10H2,(H,24,28)(H,23,25,27)/t13-,20+/m0/s1. The van der Waals surface area contributed by atoms with Gasteiger partial charge in [-0.15, -0.1) is 0 Å². The van der Waals surface area contributed by atoms with Crippen LogP contribution in [-0.2, 0) is 23.2 Å². The van der Waals surface area contributed by atoms with Gasteiger partial charge < -0.3 is 14.9 Å². The van der Waals surface area contributed by atoms with Gasteiger partial charge in [0.15, 0.2) is 4.77 Å². The van der Waals surface area contributed by atoms with Gasteiger partial charge in [-0.2, -0.15) is 0 Å². The molecule has 0 radical (unpaired) electrons. The van der Waals surface area contributed by atoms with Crippen molar-refractivity contribution in [2.24, 2.45) is 0 Å². The van der Waals surface area contributed by atoms with E-state index in [0.29, 0.717) is 22.7 Å². The molecule has 1 aromatic carbocycles. The monoisotopic (exact) mass is 458 g/mol. The molecule has 5 rings (SSSR count). The van der Waals surface area contributed by atoms with E-state index in [1.165, 1.54) is 6.07 Å². The molecule has 1 aliphatic heterocycles. The largest absolute Gasteiger partial charge is 0.334 e. The van der Waals surface area contributed by atoms with Crippen molar-refractivity contribution < 1.29 is 9.18 Å². The quantitative estimate of drug-likeness (QED) is 0.567. The fourth-order valence-electron chi connectivity index (χ4n) is 4.39. The van der Waals surface area contributed by atoms with Gasteiger partial charge in [-0.3, -0.25) is 4.79 Å². The topological polar surface area (TPSA) is 62.7 Å². The number of imidazole rings is 1. The molecule has 2 aliphatic rings. The number of pyridine rings is 1. The van der Waals surface area contributed by atoms with Crippen LogP contribution in [0.1, 0.15) is 29.3 Å². The van der Waals surface area contributed by atoms with Gasteiger partial charge in [0.2, 0.25) is 5.91 Å². The highest BCUT2D eigenvalue weighted by molar-refractivity contribution is 9.10. The Kier molecular flexibility index (Phi) is 4.03. The van der Waals surface area contributed by atoms with E-state index in [1.54, 1.807) is 24.4 Å². The Bertz CT molecular complexity index is 1160. The predicted octanol–water partition coefficient (Wildman–Crippen LogP) is 4.46. The van der Waals surface area contributed by atoms with E-state index in [1.807, 2.05) is 16.7 Å². The average molecular weight is 459 g/mol. The normalized spacial score (nSPS) is 21.9. The van der Waals surface area contributed by atoms with Gasteiger partial charge in [-0.1, -0.05) is 22.0 Å². The number of hydrogen-bond donors (Lipinski definition) is 2. The van der Waals surface area contributed by atoms with Crippen molar-refractivity contribution in [2.75, 3.05) is 5.32 Å². The van der Waals surface area contributed by atoms with Crippen LogP contribution < -0.4 is 5.32 Å². The minimum atomic E-state index is -0.266. The van der Waals surface area contributed by atoms with Gasteiger partial charge in [0, 0.05) is 39.9 Å². The highest BCUT2D eigenvalue weighted by atomic mass is 79.9. The van der Waals surface area contributed by atoms with Gasteiger partial charge in [0.1, 0.15) is 11.6 Å². The van der Waals surface area contributed by atoms with Crippen molar-refractivity contribution in [3.8, 4) is 0 Å². The molecule has 0 unspecified atom stereocenters. The zero-order valence-electron chi connectivity index (χ0n) is 14.7. The second-order valence-electron chi connectivity index (χ2n) is 7.36. The number of H-pyrrole nitrogens is 1. The third-order valence-corrected chi connectivity index (χ3v) is 6.50. The lowest BCUT2D eigenvalue weighted by Gasteiger charge is -2.14. The third kappa shape index (κ3) is 2.74. The first-order valence-corrected chi connectivity index (χ1v) is 10.2. The zero-order valence-corrected chi connectivity index (χ0v) is 17.1. The summed E-state index contributed by atoms with van der Waals surface area (Å²) in [4.78, 5) is 19.8. The smallest absolute Gasteiger partial charge is 0.231 e. The van der Waals surface area contributed by atoms with E-state index < -0.39 is 0 Å². The average Bonchev–Trinajstić information content (AvgIpc) is 3.16. The fraction of sp³-hybridized carbons (Fsp3) is 0.250. The van der Waals surface area contributed by atoms with Crippen molar-refractivity contribution in [2.45, 2.75) is 30.7 Å². The van der Waals surface area contributed by atoms with Crippen molar-refractivity contribution in [3.05, 3.63) is 74.6 Å². The number of nitrogens with one attached hydrogen (secondary N) is 2. The molecule has 5 nitrogen and oxygen atoms in total. The maximum atomic E-state index is 14.5. The number of aromatic amines is 1. The molecule has 142 valence electrons. The summed E-state index contributed by atoms with van der Waals surface area (Å²) in [5, 5.41) is 2.80. The minimum Gasteiger partial charge on any atom is -0.334 e. The molecule has 3 heterocycles. The Morgan fingerprint density at radius 2 is 2.29 bits per heavy atom. The summed E-state index contributed by atoms with van der Waals surface area (Å²) in [5.74, 6) is 0.326. The molecule has 0 spiro atoms. The van der Waals surface area contributed by atoms with Crippen LogP contribution in [-0.4, -0.2) is 20.4 Å². The summed E-state index contributed by atoms with van der Waals surface area (Å²) in [5.41, 5.74) is 2.28. The molecule has 1 amide bonds. The van der Waals surface area contributed by atoms with Crippen LogP contribution in [0.15, 0.2) is 47.1 Å². The molecule has 0 bridgehead atoms. The van der Waals surface area contributed by atoms with Crippen LogP contribution in [0.25, 0.3) is 0 Å². The molecule has 1 saturated carbocycles. The minimum absolute atomic E-state index is 0.162. The first-order valence-electron chi connectivity index (χ1n) is 8.96. The van der Waals surface area contributed by atoms with Crippen LogP contribution in [0.3, 0.4) is 0 Å². The molecule has 1 fully saturated rings. The summed E-state index contributed by atoms with van der Waals surface area (Å²) >= 11 is 8.92. The molecule has 1 aliphatic carbocycles. The van der Waals surface area contributed by atoms with E-state index in [0.717, 1.165) is 22.3 Å².